The summed E-state index contributed by atoms with van der Waals surface area (Å²) in [4.78, 5) is 23.1. The van der Waals surface area contributed by atoms with Gasteiger partial charge in [-0.15, -0.1) is 6.58 Å². The van der Waals surface area contributed by atoms with Crippen LogP contribution in [-0.4, -0.2) is 41.1 Å². The summed E-state index contributed by atoms with van der Waals surface area (Å²) in [6.45, 7) is 3.13. The number of nitrogens with one attached hydrogen (secondary N) is 1. The van der Waals surface area contributed by atoms with Crippen LogP contribution in [0.4, 0.5) is 0 Å². The van der Waals surface area contributed by atoms with Gasteiger partial charge in [0.1, 0.15) is 17.9 Å². The van der Waals surface area contributed by atoms with Crippen molar-refractivity contribution in [3.8, 4) is 6.07 Å². The third-order valence-electron chi connectivity index (χ3n) is 2.17. The van der Waals surface area contributed by atoms with E-state index in [1.165, 1.54) is 6.26 Å². The maximum Gasteiger partial charge on any atom is 0.329 e. The molecule has 1 N–H and O–H groups in total. The summed E-state index contributed by atoms with van der Waals surface area (Å²) in [7, 11) is 0. The average Bonchev–Trinajstić information content (AvgIpc) is 2.38. The third kappa shape index (κ3) is 9.11. The quantitative estimate of drug-likeness (QED) is 0.372. The van der Waals surface area contributed by atoms with Gasteiger partial charge >= 0.3 is 5.97 Å². The number of esters is 1. The summed E-state index contributed by atoms with van der Waals surface area (Å²) in [5.74, 6) is -0.715. The molecule has 6 nitrogen and oxygen atoms in total. The van der Waals surface area contributed by atoms with Crippen molar-refractivity contribution in [2.75, 3.05) is 18.6 Å². The molecule has 0 spiro atoms. The zero-order valence-electron chi connectivity index (χ0n) is 10.9. The fraction of sp³-hybridized carbons (Fsp3) is 0.583. The molecule has 7 heteroatoms. The first-order chi connectivity index (χ1) is 9.01. The van der Waals surface area contributed by atoms with E-state index in [2.05, 4.69) is 16.6 Å². The van der Waals surface area contributed by atoms with Crippen molar-refractivity contribution in [1.82, 2.24) is 5.32 Å². The van der Waals surface area contributed by atoms with Gasteiger partial charge in [0.15, 0.2) is 6.61 Å². The van der Waals surface area contributed by atoms with Gasteiger partial charge < -0.3 is 14.6 Å². The fourth-order valence-electron chi connectivity index (χ4n) is 1.24. The smallest absolute Gasteiger partial charge is 0.329 e. The lowest BCUT2D eigenvalue weighted by Crippen LogP contribution is -2.42. The summed E-state index contributed by atoms with van der Waals surface area (Å²) >= 11 is -1.07. The molecule has 0 rings (SSSR count). The van der Waals surface area contributed by atoms with E-state index in [-0.39, 0.29) is 31.1 Å². The molecule has 0 aromatic carbocycles. The minimum absolute atomic E-state index is 0.215. The van der Waals surface area contributed by atoms with Crippen LogP contribution in [0.2, 0.25) is 0 Å². The van der Waals surface area contributed by atoms with E-state index in [1.807, 2.05) is 0 Å². The number of carbonyl (C=O) groups is 2. The van der Waals surface area contributed by atoms with E-state index in [1.54, 1.807) is 12.1 Å². The minimum atomic E-state index is -1.07. The molecular weight excluding hydrogens is 268 g/mol. The summed E-state index contributed by atoms with van der Waals surface area (Å²) in [5, 5.41) is 10.8. The Kier molecular flexibility index (Phi) is 9.57. The highest BCUT2D eigenvalue weighted by Gasteiger charge is 2.23. The van der Waals surface area contributed by atoms with Gasteiger partial charge in [0, 0.05) is 12.8 Å². The first kappa shape index (κ1) is 17.5. The maximum atomic E-state index is 11.6. The standard InChI is InChI=1S/C12H18N2O4S/c1-3-4-5-11(15)14-10(6-9-19(2)17)12(16)18-8-7-13/h3,10H,1,4-6,8-9H2,2H3,(H,14,15). The largest absolute Gasteiger partial charge is 0.617 e. The lowest BCUT2D eigenvalue weighted by molar-refractivity contribution is -0.146. The monoisotopic (exact) mass is 286 g/mol. The van der Waals surface area contributed by atoms with Gasteiger partial charge in [-0.05, 0) is 6.42 Å². The molecule has 1 amide bonds. The fourth-order valence-corrected chi connectivity index (χ4v) is 1.80. The van der Waals surface area contributed by atoms with Crippen LogP contribution in [0.25, 0.3) is 0 Å². The van der Waals surface area contributed by atoms with Crippen molar-refractivity contribution >= 4 is 23.1 Å². The Bertz CT molecular complexity index is 352. The van der Waals surface area contributed by atoms with E-state index in [0.29, 0.717) is 6.42 Å². The number of rotatable bonds is 9. The van der Waals surface area contributed by atoms with Gasteiger partial charge in [-0.25, -0.2) is 4.79 Å². The maximum absolute atomic E-state index is 11.6. The zero-order valence-corrected chi connectivity index (χ0v) is 11.7. The van der Waals surface area contributed by atoms with E-state index >= 15 is 0 Å². The molecule has 0 aromatic rings. The second-order valence-electron chi connectivity index (χ2n) is 3.78. The molecule has 2 atom stereocenters. The Hall–Kier alpha value is -1.52. The van der Waals surface area contributed by atoms with Gasteiger partial charge in [-0.1, -0.05) is 17.3 Å². The van der Waals surface area contributed by atoms with Crippen LogP contribution in [0.15, 0.2) is 12.7 Å². The normalized spacial score (nSPS) is 12.9. The van der Waals surface area contributed by atoms with E-state index in [9.17, 15) is 14.1 Å². The Morgan fingerprint density at radius 3 is 2.84 bits per heavy atom. The Balaban J connectivity index is 4.39. The van der Waals surface area contributed by atoms with Gasteiger partial charge in [0.25, 0.3) is 0 Å². The molecule has 0 aliphatic heterocycles. The molecule has 0 saturated heterocycles. The van der Waals surface area contributed by atoms with E-state index < -0.39 is 23.2 Å². The van der Waals surface area contributed by atoms with Crippen LogP contribution in [0.3, 0.4) is 0 Å². The third-order valence-corrected chi connectivity index (χ3v) is 2.98. The summed E-state index contributed by atoms with van der Waals surface area (Å²) in [6.07, 6.45) is 4.06. The van der Waals surface area contributed by atoms with E-state index in [0.717, 1.165) is 0 Å². The van der Waals surface area contributed by atoms with Crippen LogP contribution < -0.4 is 5.32 Å². The second-order valence-corrected chi connectivity index (χ2v) is 5.33. The van der Waals surface area contributed by atoms with Crippen LogP contribution in [0, 0.1) is 11.3 Å². The highest BCUT2D eigenvalue weighted by Crippen LogP contribution is 2.01. The van der Waals surface area contributed by atoms with Gasteiger partial charge in [0.05, 0.1) is 6.26 Å². The van der Waals surface area contributed by atoms with E-state index in [4.69, 9.17) is 5.26 Å². The average molecular weight is 286 g/mol. The van der Waals surface area contributed by atoms with Crippen molar-refractivity contribution in [3.05, 3.63) is 12.7 Å². The molecule has 0 heterocycles. The Morgan fingerprint density at radius 1 is 1.63 bits per heavy atom. The molecule has 0 aliphatic rings. The molecule has 19 heavy (non-hydrogen) atoms. The number of amides is 1. The summed E-state index contributed by atoms with van der Waals surface area (Å²) < 4.78 is 15.7. The number of ether oxygens (including phenoxy) is 1. The highest BCUT2D eigenvalue weighted by molar-refractivity contribution is 7.90. The number of nitrogens with zero attached hydrogens (tertiary/aromatic N) is 1. The number of nitriles is 1. The summed E-state index contributed by atoms with van der Waals surface area (Å²) in [5.41, 5.74) is 0. The molecular formula is C12H18N2O4S. The van der Waals surface area contributed by atoms with Crippen molar-refractivity contribution in [2.45, 2.75) is 25.3 Å². The number of carbonyl (C=O) groups excluding carboxylic acids is 2. The van der Waals surface area contributed by atoms with Crippen LogP contribution >= 0.6 is 0 Å². The Labute approximate surface area is 116 Å². The molecule has 0 aliphatic carbocycles. The summed E-state index contributed by atoms with van der Waals surface area (Å²) in [6, 6.07) is 0.811. The first-order valence-electron chi connectivity index (χ1n) is 5.75. The molecule has 0 radical (unpaired) electrons. The predicted octanol–water partition coefficient (Wildman–Crippen LogP) is 0.273. The molecule has 106 valence electrons. The highest BCUT2D eigenvalue weighted by atomic mass is 32.2. The molecule has 0 aromatic heterocycles. The van der Waals surface area contributed by atoms with Crippen LogP contribution in [-0.2, 0) is 25.5 Å². The van der Waals surface area contributed by atoms with Crippen molar-refractivity contribution in [3.63, 3.8) is 0 Å². The van der Waals surface area contributed by atoms with Crippen molar-refractivity contribution in [1.29, 1.82) is 5.26 Å². The predicted molar refractivity (Wildman–Crippen MR) is 71.5 cm³/mol. The number of hydrogen-bond donors (Lipinski definition) is 1. The van der Waals surface area contributed by atoms with Crippen LogP contribution in [0.5, 0.6) is 0 Å². The minimum Gasteiger partial charge on any atom is -0.617 e. The lowest BCUT2D eigenvalue weighted by atomic mass is 10.2. The van der Waals surface area contributed by atoms with Gasteiger partial charge in [0.2, 0.25) is 5.91 Å². The van der Waals surface area contributed by atoms with Crippen molar-refractivity contribution in [2.24, 2.45) is 0 Å². The van der Waals surface area contributed by atoms with Crippen LogP contribution in [0.1, 0.15) is 19.3 Å². The molecule has 0 bridgehead atoms. The van der Waals surface area contributed by atoms with Gasteiger partial charge in [-0.2, -0.15) is 5.26 Å². The SMILES string of the molecule is C=CCCC(=O)NC(CC[S+](C)[O-])C(=O)OCC#N. The number of hydrogen-bond acceptors (Lipinski definition) is 5. The second kappa shape index (κ2) is 10.4. The molecule has 2 unspecified atom stereocenters. The molecule has 0 fully saturated rings. The van der Waals surface area contributed by atoms with Gasteiger partial charge in [-0.3, -0.25) is 4.79 Å². The lowest BCUT2D eigenvalue weighted by Gasteiger charge is -2.16. The zero-order chi connectivity index (χ0) is 14.7. The first-order valence-corrected chi connectivity index (χ1v) is 7.47. The number of allylic oxidation sites excluding steroid dienone is 1. The Morgan fingerprint density at radius 2 is 2.32 bits per heavy atom. The topological polar surface area (TPSA) is 102 Å². The molecule has 0 saturated carbocycles. The van der Waals surface area contributed by atoms with Crippen molar-refractivity contribution < 1.29 is 18.9 Å².